The molecule has 2 unspecified atom stereocenters. The number of carbonyl (C=O) groups excluding carboxylic acids is 1. The van der Waals surface area contributed by atoms with Gasteiger partial charge in [-0.15, -0.1) is 4.83 Å². The van der Waals surface area contributed by atoms with Gasteiger partial charge < -0.3 is 0 Å². The highest BCUT2D eigenvalue weighted by Crippen LogP contribution is 2.70. The van der Waals surface area contributed by atoms with Crippen molar-refractivity contribution in [2.75, 3.05) is 0 Å². The number of benzene rings is 2. The molecule has 2 aromatic carbocycles. The Kier molecular flexibility index (Phi) is 4.85. The molecule has 10 nitrogen and oxygen atoms in total. The molecule has 2 atom stereocenters. The van der Waals surface area contributed by atoms with Crippen LogP contribution in [0.2, 0.25) is 0 Å². The summed E-state index contributed by atoms with van der Waals surface area (Å²) in [6.07, 6.45) is 1.11. The van der Waals surface area contributed by atoms with Crippen molar-refractivity contribution in [3.8, 4) is 0 Å². The quantitative estimate of drug-likeness (QED) is 0.408. The summed E-state index contributed by atoms with van der Waals surface area (Å²) in [6, 6.07) is 10.6. The van der Waals surface area contributed by atoms with Gasteiger partial charge in [0, 0.05) is 17.5 Å². The Morgan fingerprint density at radius 3 is 2.31 bits per heavy atom. The fraction of sp³-hybridized carbons (Fsp3) is 0.375. The number of nitrogens with one attached hydrogen (secondary N) is 2. The SMILES string of the molecule is Cc1ccc(S(=O)(=O)NNC(=O)C23CCC(C)(c4nc5ccc([N+](=O)[O-])cc5nc42)C3(C)C)cc1. The average Bonchev–Trinajstić information content (AvgIpc) is 3.11. The third-order valence-corrected chi connectivity index (χ3v) is 9.51. The Morgan fingerprint density at radius 2 is 1.66 bits per heavy atom. The Bertz CT molecular complexity index is 1520. The summed E-state index contributed by atoms with van der Waals surface area (Å²) in [4.78, 5) is 36.3. The minimum atomic E-state index is -4.00. The summed E-state index contributed by atoms with van der Waals surface area (Å²) in [7, 11) is -4.00. The molecule has 0 spiro atoms. The zero-order valence-corrected chi connectivity index (χ0v) is 20.6. The molecule has 5 rings (SSSR count). The molecular formula is C24H25N5O5S. The zero-order chi connectivity index (χ0) is 25.4. The van der Waals surface area contributed by atoms with Gasteiger partial charge in [0.25, 0.3) is 15.7 Å². The van der Waals surface area contributed by atoms with Crippen LogP contribution >= 0.6 is 0 Å². The van der Waals surface area contributed by atoms with Crippen LogP contribution in [0.15, 0.2) is 47.4 Å². The third-order valence-electron chi connectivity index (χ3n) is 8.25. The number of non-ortho nitro benzene ring substituents is 1. The Labute approximate surface area is 202 Å². The first-order chi connectivity index (χ1) is 16.3. The molecule has 2 aliphatic carbocycles. The van der Waals surface area contributed by atoms with Gasteiger partial charge in [-0.05, 0) is 43.4 Å². The Hall–Kier alpha value is -3.44. The summed E-state index contributed by atoms with van der Waals surface area (Å²) in [6.45, 7) is 7.81. The number of rotatable bonds is 5. The molecule has 0 saturated heterocycles. The van der Waals surface area contributed by atoms with Gasteiger partial charge in [-0.25, -0.2) is 18.4 Å². The summed E-state index contributed by atoms with van der Waals surface area (Å²) < 4.78 is 25.6. The van der Waals surface area contributed by atoms with Crippen molar-refractivity contribution < 1.29 is 18.1 Å². The van der Waals surface area contributed by atoms with E-state index in [0.717, 1.165) is 5.56 Å². The van der Waals surface area contributed by atoms with E-state index in [2.05, 4.69) is 10.3 Å². The van der Waals surface area contributed by atoms with Crippen LogP contribution in [-0.4, -0.2) is 29.2 Å². The first-order valence-corrected chi connectivity index (χ1v) is 12.7. The van der Waals surface area contributed by atoms with Crippen LogP contribution in [0.25, 0.3) is 11.0 Å². The first kappa shape index (κ1) is 23.3. The van der Waals surface area contributed by atoms with Crippen molar-refractivity contribution in [1.82, 2.24) is 20.2 Å². The maximum Gasteiger partial charge on any atom is 0.271 e. The molecule has 3 aromatic rings. The fourth-order valence-electron chi connectivity index (χ4n) is 5.70. The van der Waals surface area contributed by atoms with Gasteiger partial charge in [0.1, 0.15) is 5.41 Å². The van der Waals surface area contributed by atoms with Crippen molar-refractivity contribution in [2.24, 2.45) is 5.41 Å². The molecule has 182 valence electrons. The molecule has 2 N–H and O–H groups in total. The molecule has 1 amide bonds. The summed E-state index contributed by atoms with van der Waals surface area (Å²) >= 11 is 0. The van der Waals surface area contributed by atoms with Crippen LogP contribution in [-0.2, 0) is 25.6 Å². The van der Waals surface area contributed by atoms with Crippen LogP contribution in [0.3, 0.4) is 0 Å². The smallest absolute Gasteiger partial charge is 0.271 e. The van der Waals surface area contributed by atoms with Crippen molar-refractivity contribution in [2.45, 2.75) is 56.3 Å². The van der Waals surface area contributed by atoms with Gasteiger partial charge >= 0.3 is 0 Å². The summed E-state index contributed by atoms with van der Waals surface area (Å²) in [5.74, 6) is -0.528. The molecule has 2 bridgehead atoms. The van der Waals surface area contributed by atoms with Gasteiger partial charge in [-0.1, -0.05) is 38.5 Å². The van der Waals surface area contributed by atoms with Crippen LogP contribution in [0.1, 0.15) is 50.6 Å². The molecule has 1 fully saturated rings. The van der Waals surface area contributed by atoms with Gasteiger partial charge in [-0.3, -0.25) is 20.3 Å². The van der Waals surface area contributed by atoms with E-state index in [0.29, 0.717) is 35.3 Å². The zero-order valence-electron chi connectivity index (χ0n) is 19.7. The number of sulfonamides is 1. The second-order valence-corrected chi connectivity index (χ2v) is 11.8. The number of aromatic nitrogens is 2. The normalized spacial score (nSPS) is 24.3. The maximum atomic E-state index is 13.8. The maximum absolute atomic E-state index is 13.8. The number of nitrogens with zero attached hydrogens (tertiary/aromatic N) is 3. The van der Waals surface area contributed by atoms with E-state index in [9.17, 15) is 23.3 Å². The number of amides is 1. The predicted molar refractivity (Wildman–Crippen MR) is 128 cm³/mol. The Morgan fingerprint density at radius 1 is 1.00 bits per heavy atom. The van der Waals surface area contributed by atoms with Crippen LogP contribution < -0.4 is 10.3 Å². The second-order valence-electron chi connectivity index (χ2n) is 10.1. The topological polar surface area (TPSA) is 144 Å². The highest BCUT2D eigenvalue weighted by molar-refractivity contribution is 7.89. The highest BCUT2D eigenvalue weighted by Gasteiger charge is 2.73. The number of nitro benzene ring substituents is 1. The predicted octanol–water partition coefficient (Wildman–Crippen LogP) is 3.19. The van der Waals surface area contributed by atoms with E-state index in [1.165, 1.54) is 24.3 Å². The first-order valence-electron chi connectivity index (χ1n) is 11.2. The lowest BCUT2D eigenvalue weighted by Crippen LogP contribution is -2.55. The minimum absolute atomic E-state index is 0.0290. The monoisotopic (exact) mass is 495 g/mol. The molecule has 0 radical (unpaired) electrons. The number of carbonyl (C=O) groups is 1. The summed E-state index contributed by atoms with van der Waals surface area (Å²) in [5.41, 5.74) is 2.86. The number of fused-ring (bicyclic) bond motifs is 6. The molecule has 1 aromatic heterocycles. The number of hydrogen-bond donors (Lipinski definition) is 2. The summed E-state index contributed by atoms with van der Waals surface area (Å²) in [5, 5.41) is 11.3. The van der Waals surface area contributed by atoms with E-state index >= 15 is 0 Å². The van der Waals surface area contributed by atoms with Crippen LogP contribution in [0.5, 0.6) is 0 Å². The van der Waals surface area contributed by atoms with Gasteiger partial charge in [0.05, 0.1) is 32.2 Å². The number of hydrazine groups is 1. The second kappa shape index (κ2) is 7.28. The van der Waals surface area contributed by atoms with Crippen molar-refractivity contribution in [1.29, 1.82) is 0 Å². The Balaban J connectivity index is 1.57. The molecule has 0 aliphatic heterocycles. The average molecular weight is 496 g/mol. The molecule has 35 heavy (non-hydrogen) atoms. The van der Waals surface area contributed by atoms with Gasteiger partial charge in [0.2, 0.25) is 5.91 Å². The largest absolute Gasteiger partial charge is 0.277 e. The van der Waals surface area contributed by atoms with E-state index < -0.39 is 37.1 Å². The lowest BCUT2D eigenvalue weighted by Gasteiger charge is -2.39. The van der Waals surface area contributed by atoms with Gasteiger partial charge in [0.15, 0.2) is 0 Å². The number of hydrogen-bond acceptors (Lipinski definition) is 7. The fourth-order valence-corrected chi connectivity index (χ4v) is 6.54. The van der Waals surface area contributed by atoms with E-state index in [-0.39, 0.29) is 10.6 Å². The molecule has 11 heteroatoms. The lowest BCUT2D eigenvalue weighted by atomic mass is 9.63. The standard InChI is InChI=1S/C24H25N5O5S/c1-14-5-8-16(9-6-14)35(33,34)28-27-21(30)24-12-11-23(4,22(24,2)3)19-20(24)26-18-13-15(29(31)32)7-10-17(18)25-19/h5-10,13,28H,11-12H2,1-4H3,(H,27,30). The van der Waals surface area contributed by atoms with Crippen molar-refractivity contribution in [3.05, 3.63) is 69.5 Å². The molecule has 2 aliphatic rings. The van der Waals surface area contributed by atoms with E-state index in [4.69, 9.17) is 9.97 Å². The number of aryl methyl sites for hydroxylation is 1. The number of nitro groups is 1. The van der Waals surface area contributed by atoms with Crippen molar-refractivity contribution in [3.63, 3.8) is 0 Å². The minimum Gasteiger partial charge on any atom is -0.277 e. The molecule has 1 saturated carbocycles. The van der Waals surface area contributed by atoms with Crippen LogP contribution in [0, 0.1) is 22.5 Å². The van der Waals surface area contributed by atoms with E-state index in [1.807, 2.05) is 27.7 Å². The van der Waals surface area contributed by atoms with Gasteiger partial charge in [-0.2, -0.15) is 0 Å². The highest BCUT2D eigenvalue weighted by atomic mass is 32.2. The third kappa shape index (κ3) is 3.04. The molecular weight excluding hydrogens is 470 g/mol. The lowest BCUT2D eigenvalue weighted by molar-refractivity contribution is -0.384. The van der Waals surface area contributed by atoms with E-state index in [1.54, 1.807) is 18.2 Å². The van der Waals surface area contributed by atoms with Crippen LogP contribution in [0.4, 0.5) is 5.69 Å². The van der Waals surface area contributed by atoms with Crippen molar-refractivity contribution >= 4 is 32.7 Å². The molecule has 1 heterocycles.